The van der Waals surface area contributed by atoms with Gasteiger partial charge in [0, 0.05) is 30.3 Å². The molecule has 1 rings (SSSR count). The monoisotopic (exact) mass is 301 g/mol. The first-order valence-electron chi connectivity index (χ1n) is 5.57. The number of hydrogen-bond acceptors (Lipinski definition) is 4. The molecule has 2 N–H and O–H groups in total. The zero-order valence-electron chi connectivity index (χ0n) is 10.6. The van der Waals surface area contributed by atoms with E-state index in [1.165, 1.54) is 0 Å². The van der Waals surface area contributed by atoms with Gasteiger partial charge < -0.3 is 15.3 Å². The Morgan fingerprint density at radius 1 is 1.47 bits per heavy atom. The van der Waals surface area contributed by atoms with Gasteiger partial charge in [0.25, 0.3) is 0 Å². The van der Waals surface area contributed by atoms with E-state index in [9.17, 15) is 5.11 Å². The average Bonchev–Trinajstić information content (AvgIpc) is 2.18. The van der Waals surface area contributed by atoms with E-state index >= 15 is 0 Å². The third kappa shape index (κ3) is 6.12. The molecular formula is C12H20BrN3O. The molecule has 0 aliphatic rings. The van der Waals surface area contributed by atoms with Gasteiger partial charge in [-0.15, -0.1) is 0 Å². The molecule has 0 aromatic carbocycles. The molecule has 0 fully saturated rings. The highest BCUT2D eigenvalue weighted by Crippen LogP contribution is 2.07. The SMILES string of the molecule is CN(C)CC(C)(O)CNCc1ccc(Br)cn1. The summed E-state index contributed by atoms with van der Waals surface area (Å²) in [7, 11) is 3.90. The van der Waals surface area contributed by atoms with Crippen molar-refractivity contribution in [2.75, 3.05) is 27.2 Å². The highest BCUT2D eigenvalue weighted by Gasteiger charge is 2.20. The Morgan fingerprint density at radius 2 is 2.18 bits per heavy atom. The Labute approximate surface area is 111 Å². The van der Waals surface area contributed by atoms with Crippen molar-refractivity contribution in [3.63, 3.8) is 0 Å². The standard InChI is InChI=1S/C12H20BrN3O/c1-12(17,9-16(2)3)8-14-7-11-5-4-10(13)6-15-11/h4-6,14,17H,7-9H2,1-3H3. The number of aliphatic hydroxyl groups is 1. The van der Waals surface area contributed by atoms with Gasteiger partial charge in [-0.1, -0.05) is 0 Å². The molecule has 1 unspecified atom stereocenters. The van der Waals surface area contributed by atoms with E-state index in [4.69, 9.17) is 0 Å². The molecule has 0 spiro atoms. The predicted molar refractivity (Wildman–Crippen MR) is 72.8 cm³/mol. The third-order valence-corrected chi connectivity index (χ3v) is 2.73. The lowest BCUT2D eigenvalue weighted by molar-refractivity contribution is 0.0335. The summed E-state index contributed by atoms with van der Waals surface area (Å²) in [5, 5.41) is 13.3. The maximum atomic E-state index is 10.1. The van der Waals surface area contributed by atoms with Crippen LogP contribution in [0.15, 0.2) is 22.8 Å². The van der Waals surface area contributed by atoms with Crippen molar-refractivity contribution >= 4 is 15.9 Å². The van der Waals surface area contributed by atoms with Crippen LogP contribution in [0.2, 0.25) is 0 Å². The fourth-order valence-electron chi connectivity index (χ4n) is 1.71. The molecular weight excluding hydrogens is 282 g/mol. The van der Waals surface area contributed by atoms with Gasteiger partial charge in [0.2, 0.25) is 0 Å². The molecule has 4 nitrogen and oxygen atoms in total. The van der Waals surface area contributed by atoms with Crippen LogP contribution in [0.1, 0.15) is 12.6 Å². The van der Waals surface area contributed by atoms with Crippen molar-refractivity contribution in [3.05, 3.63) is 28.5 Å². The number of halogens is 1. The second kappa shape index (κ2) is 6.44. The van der Waals surface area contributed by atoms with Crippen LogP contribution in [0, 0.1) is 0 Å². The van der Waals surface area contributed by atoms with Crippen LogP contribution in [0.4, 0.5) is 0 Å². The van der Waals surface area contributed by atoms with Crippen LogP contribution in [0.3, 0.4) is 0 Å². The minimum Gasteiger partial charge on any atom is -0.388 e. The predicted octanol–water partition coefficient (Wildman–Crippen LogP) is 1.25. The summed E-state index contributed by atoms with van der Waals surface area (Å²) in [6.07, 6.45) is 1.77. The summed E-state index contributed by atoms with van der Waals surface area (Å²) >= 11 is 3.34. The van der Waals surface area contributed by atoms with Gasteiger partial charge in [-0.2, -0.15) is 0 Å². The first-order valence-corrected chi connectivity index (χ1v) is 6.37. The zero-order valence-corrected chi connectivity index (χ0v) is 12.2. The molecule has 0 aliphatic carbocycles. The molecule has 1 atom stereocenters. The summed E-state index contributed by atoms with van der Waals surface area (Å²) in [4.78, 5) is 6.23. The lowest BCUT2D eigenvalue weighted by Gasteiger charge is -2.27. The highest BCUT2D eigenvalue weighted by atomic mass is 79.9. The Balaban J connectivity index is 2.34. The van der Waals surface area contributed by atoms with Crippen molar-refractivity contribution in [1.29, 1.82) is 0 Å². The molecule has 1 heterocycles. The molecule has 17 heavy (non-hydrogen) atoms. The van der Waals surface area contributed by atoms with Gasteiger partial charge in [0.05, 0.1) is 11.3 Å². The fourth-order valence-corrected chi connectivity index (χ4v) is 1.94. The maximum Gasteiger partial charge on any atom is 0.0869 e. The molecule has 0 radical (unpaired) electrons. The Hall–Kier alpha value is -0.490. The molecule has 0 bridgehead atoms. The molecule has 0 saturated heterocycles. The van der Waals surface area contributed by atoms with Gasteiger partial charge in [0.15, 0.2) is 0 Å². The van der Waals surface area contributed by atoms with Crippen LogP contribution in [-0.2, 0) is 6.54 Å². The van der Waals surface area contributed by atoms with Crippen molar-refractivity contribution in [1.82, 2.24) is 15.2 Å². The molecule has 0 saturated carbocycles. The molecule has 0 amide bonds. The largest absolute Gasteiger partial charge is 0.388 e. The lowest BCUT2D eigenvalue weighted by Crippen LogP contribution is -2.45. The van der Waals surface area contributed by atoms with Crippen molar-refractivity contribution in [2.24, 2.45) is 0 Å². The van der Waals surface area contributed by atoms with Crippen molar-refractivity contribution in [2.45, 2.75) is 19.1 Å². The lowest BCUT2D eigenvalue weighted by atomic mass is 10.1. The minimum atomic E-state index is -0.723. The number of nitrogens with zero attached hydrogens (tertiary/aromatic N) is 2. The van der Waals surface area contributed by atoms with Crippen LogP contribution in [-0.4, -0.2) is 47.8 Å². The summed E-state index contributed by atoms with van der Waals surface area (Å²) in [5.41, 5.74) is 0.243. The molecule has 0 aliphatic heterocycles. The van der Waals surface area contributed by atoms with E-state index in [1.54, 1.807) is 6.20 Å². The molecule has 1 aromatic heterocycles. The number of pyridine rings is 1. The summed E-state index contributed by atoms with van der Waals surface area (Å²) in [6.45, 7) is 3.67. The number of rotatable bonds is 6. The zero-order chi connectivity index (χ0) is 12.9. The summed E-state index contributed by atoms with van der Waals surface area (Å²) in [5.74, 6) is 0. The second-order valence-corrected chi connectivity index (χ2v) is 5.72. The number of nitrogens with one attached hydrogen (secondary N) is 1. The minimum absolute atomic E-state index is 0.545. The van der Waals surface area contributed by atoms with E-state index in [2.05, 4.69) is 26.2 Å². The smallest absolute Gasteiger partial charge is 0.0869 e. The second-order valence-electron chi connectivity index (χ2n) is 4.81. The number of likely N-dealkylation sites (N-methyl/N-ethyl adjacent to an activating group) is 1. The Kier molecular flexibility index (Phi) is 5.52. The third-order valence-electron chi connectivity index (χ3n) is 2.26. The van der Waals surface area contributed by atoms with E-state index < -0.39 is 5.60 Å². The first kappa shape index (κ1) is 14.6. The summed E-state index contributed by atoms with van der Waals surface area (Å²) in [6, 6.07) is 3.92. The van der Waals surface area contributed by atoms with E-state index in [1.807, 2.05) is 38.1 Å². The molecule has 1 aromatic rings. The molecule has 5 heteroatoms. The van der Waals surface area contributed by atoms with Crippen molar-refractivity contribution in [3.8, 4) is 0 Å². The highest BCUT2D eigenvalue weighted by molar-refractivity contribution is 9.10. The topological polar surface area (TPSA) is 48.4 Å². The van der Waals surface area contributed by atoms with E-state index in [0.717, 1.165) is 10.2 Å². The maximum absolute atomic E-state index is 10.1. The molecule has 96 valence electrons. The van der Waals surface area contributed by atoms with Gasteiger partial charge in [-0.05, 0) is 49.1 Å². The Bertz CT molecular complexity index is 338. The van der Waals surface area contributed by atoms with Gasteiger partial charge >= 0.3 is 0 Å². The van der Waals surface area contributed by atoms with E-state index in [0.29, 0.717) is 19.6 Å². The Morgan fingerprint density at radius 3 is 2.71 bits per heavy atom. The number of hydrogen-bond donors (Lipinski definition) is 2. The number of aromatic nitrogens is 1. The average molecular weight is 302 g/mol. The van der Waals surface area contributed by atoms with Crippen LogP contribution >= 0.6 is 15.9 Å². The van der Waals surface area contributed by atoms with E-state index in [-0.39, 0.29) is 0 Å². The van der Waals surface area contributed by atoms with Gasteiger partial charge in [-0.3, -0.25) is 4.98 Å². The normalized spacial score (nSPS) is 14.9. The van der Waals surface area contributed by atoms with Gasteiger partial charge in [0.1, 0.15) is 0 Å². The quantitative estimate of drug-likeness (QED) is 0.830. The van der Waals surface area contributed by atoms with Crippen LogP contribution < -0.4 is 5.32 Å². The fraction of sp³-hybridized carbons (Fsp3) is 0.583. The summed E-state index contributed by atoms with van der Waals surface area (Å²) < 4.78 is 0.973. The van der Waals surface area contributed by atoms with Crippen LogP contribution in [0.25, 0.3) is 0 Å². The first-order chi connectivity index (χ1) is 7.89. The van der Waals surface area contributed by atoms with Crippen molar-refractivity contribution < 1.29 is 5.11 Å². The van der Waals surface area contributed by atoms with Crippen LogP contribution in [0.5, 0.6) is 0 Å². The van der Waals surface area contributed by atoms with Gasteiger partial charge in [-0.25, -0.2) is 0 Å².